The van der Waals surface area contributed by atoms with Gasteiger partial charge in [0.25, 0.3) is 0 Å². The minimum Gasteiger partial charge on any atom is -0.396 e. The van der Waals surface area contributed by atoms with Crippen LogP contribution in [0.15, 0.2) is 49.1 Å². The molecule has 0 aliphatic rings. The van der Waals surface area contributed by atoms with Gasteiger partial charge in [-0.05, 0) is 42.5 Å². The van der Waals surface area contributed by atoms with Gasteiger partial charge in [-0.2, -0.15) is 5.10 Å². The lowest BCUT2D eigenvalue weighted by Crippen LogP contribution is -2.11. The third-order valence-electron chi connectivity index (χ3n) is 6.04. The summed E-state index contributed by atoms with van der Waals surface area (Å²) in [6.45, 7) is 11.1. The fourth-order valence-corrected chi connectivity index (χ4v) is 4.81. The van der Waals surface area contributed by atoms with Crippen LogP contribution < -0.4 is 5.32 Å². The highest BCUT2D eigenvalue weighted by molar-refractivity contribution is 7.13. The van der Waals surface area contributed by atoms with E-state index in [2.05, 4.69) is 65.2 Å². The summed E-state index contributed by atoms with van der Waals surface area (Å²) in [5.41, 5.74) is 4.81. The molecule has 37 heavy (non-hydrogen) atoms. The van der Waals surface area contributed by atoms with E-state index in [4.69, 9.17) is 0 Å². The summed E-state index contributed by atoms with van der Waals surface area (Å²) in [5, 5.41) is 17.8. The molecule has 1 aromatic carbocycles. The molecule has 0 unspecified atom stereocenters. The monoisotopic (exact) mass is 518 g/mol. The normalized spacial score (nSPS) is 12.5. The Balaban J connectivity index is 1.40. The Labute approximate surface area is 221 Å². The number of carbonyl (C=O) groups excluding carboxylic acids is 1. The molecule has 0 spiro atoms. The topological polar surface area (TPSA) is 106 Å². The number of thiazole rings is 1. The maximum atomic E-state index is 12.7. The van der Waals surface area contributed by atoms with Crippen LogP contribution in [0.3, 0.4) is 0 Å². The van der Waals surface area contributed by atoms with Gasteiger partial charge in [-0.1, -0.05) is 39.8 Å². The summed E-state index contributed by atoms with van der Waals surface area (Å²) in [4.78, 5) is 26.9. The number of benzene rings is 1. The van der Waals surface area contributed by atoms with E-state index in [-0.39, 0.29) is 23.7 Å². The predicted molar refractivity (Wildman–Crippen MR) is 147 cm³/mol. The van der Waals surface area contributed by atoms with Crippen LogP contribution in [0.1, 0.15) is 59.9 Å². The van der Waals surface area contributed by atoms with Gasteiger partial charge in [-0.15, -0.1) is 11.3 Å². The van der Waals surface area contributed by atoms with Gasteiger partial charge in [-0.3, -0.25) is 9.48 Å². The van der Waals surface area contributed by atoms with Crippen molar-refractivity contribution in [1.29, 1.82) is 0 Å². The zero-order valence-corrected chi connectivity index (χ0v) is 22.8. The molecule has 0 saturated heterocycles. The second-order valence-electron chi connectivity index (χ2n) is 10.5. The van der Waals surface area contributed by atoms with Crippen molar-refractivity contribution in [2.75, 3.05) is 11.9 Å². The summed E-state index contributed by atoms with van der Waals surface area (Å²) >= 11 is 1.50. The van der Waals surface area contributed by atoms with E-state index in [1.165, 1.54) is 11.3 Å². The number of aromatic nitrogens is 5. The van der Waals surface area contributed by atoms with E-state index >= 15 is 0 Å². The second-order valence-corrected chi connectivity index (χ2v) is 11.5. The first-order valence-corrected chi connectivity index (χ1v) is 13.3. The number of carbonyl (C=O) groups is 1. The van der Waals surface area contributed by atoms with Crippen molar-refractivity contribution >= 4 is 28.8 Å². The van der Waals surface area contributed by atoms with Gasteiger partial charge in [-0.25, -0.2) is 15.0 Å². The van der Waals surface area contributed by atoms with Crippen LogP contribution >= 0.6 is 11.3 Å². The molecule has 0 aliphatic carbocycles. The number of aryl methyl sites for hydroxylation is 2. The van der Waals surface area contributed by atoms with Gasteiger partial charge in [0.05, 0.1) is 27.5 Å². The second kappa shape index (κ2) is 11.3. The molecule has 3 aromatic heterocycles. The molecule has 0 fully saturated rings. The van der Waals surface area contributed by atoms with E-state index < -0.39 is 0 Å². The van der Waals surface area contributed by atoms with Crippen molar-refractivity contribution in [2.24, 2.45) is 5.92 Å². The van der Waals surface area contributed by atoms with Crippen LogP contribution in [0, 0.1) is 12.8 Å². The van der Waals surface area contributed by atoms with Gasteiger partial charge in [0.1, 0.15) is 0 Å². The molecule has 2 N–H and O–H groups in total. The van der Waals surface area contributed by atoms with Gasteiger partial charge in [0, 0.05) is 49.1 Å². The van der Waals surface area contributed by atoms with Gasteiger partial charge in [0.15, 0.2) is 5.78 Å². The van der Waals surface area contributed by atoms with Crippen LogP contribution in [0.2, 0.25) is 0 Å². The molecule has 0 saturated carbocycles. The number of ketones is 1. The van der Waals surface area contributed by atoms with E-state index in [9.17, 15) is 9.90 Å². The molecule has 0 aliphatic heterocycles. The first-order chi connectivity index (χ1) is 17.6. The van der Waals surface area contributed by atoms with Crippen molar-refractivity contribution < 1.29 is 9.90 Å². The molecule has 1 atom stereocenters. The number of nitrogens with one attached hydrogen (secondary N) is 1. The molecule has 4 rings (SSSR count). The summed E-state index contributed by atoms with van der Waals surface area (Å²) in [6, 6.07) is 8.10. The Morgan fingerprint density at radius 2 is 2.00 bits per heavy atom. The molecular weight excluding hydrogens is 484 g/mol. The third-order valence-corrected chi connectivity index (χ3v) is 7.50. The minimum atomic E-state index is -0.0486. The predicted octanol–water partition coefficient (Wildman–Crippen LogP) is 5.59. The quantitative estimate of drug-likeness (QED) is 0.264. The van der Waals surface area contributed by atoms with Crippen molar-refractivity contribution in [3.63, 3.8) is 0 Å². The molecule has 3 heterocycles. The number of hydrogen-bond donors (Lipinski definition) is 2. The lowest BCUT2D eigenvalue weighted by molar-refractivity contribution is 0.0986. The zero-order chi connectivity index (χ0) is 26.6. The largest absolute Gasteiger partial charge is 0.396 e. The highest BCUT2D eigenvalue weighted by Gasteiger charge is 2.20. The van der Waals surface area contributed by atoms with Crippen LogP contribution in [0.4, 0.5) is 11.6 Å². The summed E-state index contributed by atoms with van der Waals surface area (Å²) in [7, 11) is 0. The maximum absolute atomic E-state index is 12.7. The number of hydrogen-bond acceptors (Lipinski definition) is 8. The average molecular weight is 519 g/mol. The molecule has 0 radical (unpaired) electrons. The van der Waals surface area contributed by atoms with E-state index in [1.807, 2.05) is 25.3 Å². The molecule has 9 heteroatoms. The van der Waals surface area contributed by atoms with Crippen LogP contribution in [0.5, 0.6) is 0 Å². The summed E-state index contributed by atoms with van der Waals surface area (Å²) in [5.74, 6) is 0.751. The number of rotatable bonds is 10. The Kier molecular flexibility index (Phi) is 8.14. The van der Waals surface area contributed by atoms with Gasteiger partial charge >= 0.3 is 0 Å². The molecule has 4 aromatic rings. The number of Topliss-reactive ketones (excluding diaryl/α,β-unsaturated/α-hetero) is 1. The third kappa shape index (κ3) is 6.87. The Bertz CT molecular complexity index is 1370. The molecule has 8 nitrogen and oxygen atoms in total. The van der Waals surface area contributed by atoms with Crippen molar-refractivity contribution in [3.8, 4) is 11.3 Å². The Morgan fingerprint density at radius 3 is 2.70 bits per heavy atom. The average Bonchev–Trinajstić information content (AvgIpc) is 3.53. The van der Waals surface area contributed by atoms with E-state index in [0.29, 0.717) is 25.3 Å². The van der Waals surface area contributed by atoms with E-state index in [0.717, 1.165) is 38.0 Å². The first-order valence-electron chi connectivity index (χ1n) is 12.4. The number of anilines is 2. The lowest BCUT2D eigenvalue weighted by Gasteiger charge is -2.13. The zero-order valence-electron chi connectivity index (χ0n) is 22.0. The highest BCUT2D eigenvalue weighted by atomic mass is 32.1. The standard InChI is InChI=1S/C28H34N6O2S/c1-18(17-35)15-34-16-22(13-31-34)32-27-29-11-10-23(33-27)21-7-6-20(19(2)12-21)8-9-24(36)25-14-30-26(37-25)28(3,4)5/h6-7,10-14,16,18,35H,8-9,15,17H2,1-5H3,(H,29,32,33)/t18-/m0/s1. The van der Waals surface area contributed by atoms with Crippen molar-refractivity contribution in [1.82, 2.24) is 24.7 Å². The maximum Gasteiger partial charge on any atom is 0.227 e. The Hall–Kier alpha value is -3.43. The van der Waals surface area contributed by atoms with Crippen LogP contribution in [-0.2, 0) is 18.4 Å². The smallest absolute Gasteiger partial charge is 0.227 e. The van der Waals surface area contributed by atoms with Gasteiger partial charge < -0.3 is 10.4 Å². The van der Waals surface area contributed by atoms with Crippen LogP contribution in [0.25, 0.3) is 11.3 Å². The van der Waals surface area contributed by atoms with Crippen molar-refractivity contribution in [3.05, 3.63) is 70.1 Å². The Morgan fingerprint density at radius 1 is 1.19 bits per heavy atom. The van der Waals surface area contributed by atoms with E-state index in [1.54, 1.807) is 23.3 Å². The molecule has 0 bridgehead atoms. The molecule has 0 amide bonds. The van der Waals surface area contributed by atoms with Crippen molar-refractivity contribution in [2.45, 2.75) is 59.4 Å². The summed E-state index contributed by atoms with van der Waals surface area (Å²) in [6.07, 6.45) is 8.17. The lowest BCUT2D eigenvalue weighted by atomic mass is 9.98. The molecular formula is C28H34N6O2S. The number of nitrogens with zero attached hydrogens (tertiary/aromatic N) is 5. The molecule has 194 valence electrons. The fraction of sp³-hybridized carbons (Fsp3) is 0.393. The van der Waals surface area contributed by atoms with Gasteiger partial charge in [0.2, 0.25) is 5.95 Å². The number of aliphatic hydroxyl groups is 1. The number of aliphatic hydroxyl groups excluding tert-OH is 1. The fourth-order valence-electron chi connectivity index (χ4n) is 3.87. The highest BCUT2D eigenvalue weighted by Crippen LogP contribution is 2.28. The SMILES string of the molecule is Cc1cc(-c2ccnc(Nc3cnn(C[C@H](C)CO)c3)n2)ccc1CCC(=O)c1cnc(C(C)(C)C)s1. The minimum absolute atomic E-state index is 0.0486. The first kappa shape index (κ1) is 26.6. The van der Waals surface area contributed by atoms with Crippen LogP contribution in [-0.4, -0.2) is 42.2 Å². The summed E-state index contributed by atoms with van der Waals surface area (Å²) < 4.78 is 1.79.